The zero-order valence-electron chi connectivity index (χ0n) is 10.4. The molecule has 0 aliphatic carbocycles. The maximum Gasteiger partial charge on any atom is 0.417 e. The minimum Gasteiger partial charge on any atom is -0.378 e. The lowest BCUT2D eigenvalue weighted by molar-refractivity contribution is -0.137. The van der Waals surface area contributed by atoms with E-state index in [4.69, 9.17) is 4.74 Å². The largest absolute Gasteiger partial charge is 0.417 e. The van der Waals surface area contributed by atoms with Crippen molar-refractivity contribution in [1.29, 1.82) is 0 Å². The third-order valence-electron chi connectivity index (χ3n) is 2.54. The number of ether oxygens (including phenoxy) is 1. The van der Waals surface area contributed by atoms with Gasteiger partial charge in [-0.1, -0.05) is 0 Å². The molecule has 20 heavy (non-hydrogen) atoms. The molecule has 0 aliphatic heterocycles. The normalized spacial score (nSPS) is 11.6. The highest BCUT2D eigenvalue weighted by atomic mass is 19.4. The fourth-order valence-electron chi connectivity index (χ4n) is 1.58. The minimum atomic E-state index is -4.44. The van der Waals surface area contributed by atoms with E-state index < -0.39 is 11.7 Å². The van der Waals surface area contributed by atoms with Crippen LogP contribution in [0.2, 0.25) is 0 Å². The van der Waals surface area contributed by atoms with Crippen LogP contribution in [0.4, 0.5) is 13.2 Å². The number of nitrogens with zero attached hydrogens (tertiary/aromatic N) is 3. The van der Waals surface area contributed by atoms with Gasteiger partial charge in [0.25, 0.3) is 0 Å². The molecular formula is C12H10F3N3O2. The molecule has 2 heterocycles. The monoisotopic (exact) mass is 285 g/mol. The summed E-state index contributed by atoms with van der Waals surface area (Å²) < 4.78 is 43.4. The molecule has 0 aromatic carbocycles. The molecule has 0 bridgehead atoms. The Morgan fingerprint density at radius 2 is 2.15 bits per heavy atom. The Labute approximate surface area is 112 Å². The van der Waals surface area contributed by atoms with Gasteiger partial charge in [0, 0.05) is 19.5 Å². The molecular weight excluding hydrogens is 275 g/mol. The van der Waals surface area contributed by atoms with Crippen molar-refractivity contribution in [3.8, 4) is 5.82 Å². The number of rotatable bonds is 4. The van der Waals surface area contributed by atoms with E-state index in [-0.39, 0.29) is 12.4 Å². The molecule has 2 aromatic heterocycles. The first-order valence-electron chi connectivity index (χ1n) is 5.52. The molecule has 0 unspecified atom stereocenters. The second kappa shape index (κ2) is 5.41. The summed E-state index contributed by atoms with van der Waals surface area (Å²) in [4.78, 5) is 14.5. The minimum absolute atomic E-state index is 0.127. The number of methoxy groups -OCH3 is 1. The van der Waals surface area contributed by atoms with Crippen LogP contribution >= 0.6 is 0 Å². The van der Waals surface area contributed by atoms with Gasteiger partial charge in [0.2, 0.25) is 0 Å². The molecule has 0 radical (unpaired) electrons. The summed E-state index contributed by atoms with van der Waals surface area (Å²) in [5.74, 6) is 0.184. The SMILES string of the molecule is COCc1nn(-c2ccc(C(F)(F)F)cn2)cc1C=O. The highest BCUT2D eigenvalue weighted by Gasteiger charge is 2.30. The van der Waals surface area contributed by atoms with E-state index in [1.807, 2.05) is 0 Å². The van der Waals surface area contributed by atoms with Crippen molar-refractivity contribution in [1.82, 2.24) is 14.8 Å². The Morgan fingerprint density at radius 3 is 2.65 bits per heavy atom. The number of aldehydes is 1. The Balaban J connectivity index is 2.34. The standard InChI is InChI=1S/C12H10F3N3O2/c1-20-7-10-8(6-19)5-18(17-10)11-3-2-9(4-16-11)12(13,14)15/h2-6H,7H2,1H3. The van der Waals surface area contributed by atoms with Gasteiger partial charge in [0.15, 0.2) is 12.1 Å². The average molecular weight is 285 g/mol. The number of halogens is 3. The molecule has 2 aromatic rings. The maximum absolute atomic E-state index is 12.4. The van der Waals surface area contributed by atoms with Gasteiger partial charge in [-0.3, -0.25) is 4.79 Å². The highest BCUT2D eigenvalue weighted by molar-refractivity contribution is 5.76. The van der Waals surface area contributed by atoms with Crippen LogP contribution < -0.4 is 0 Å². The number of hydrogen-bond acceptors (Lipinski definition) is 4. The molecule has 0 aliphatic rings. The van der Waals surface area contributed by atoms with Crippen molar-refractivity contribution in [3.05, 3.63) is 41.3 Å². The predicted octanol–water partition coefficient (Wildman–Crippen LogP) is 2.25. The molecule has 8 heteroatoms. The second-order valence-corrected chi connectivity index (χ2v) is 3.93. The molecule has 0 saturated heterocycles. The van der Waals surface area contributed by atoms with Crippen LogP contribution in [0.5, 0.6) is 0 Å². The van der Waals surface area contributed by atoms with Crippen molar-refractivity contribution in [2.45, 2.75) is 12.8 Å². The van der Waals surface area contributed by atoms with E-state index in [1.165, 1.54) is 24.1 Å². The maximum atomic E-state index is 12.4. The third kappa shape index (κ3) is 2.85. The Morgan fingerprint density at radius 1 is 1.40 bits per heavy atom. The van der Waals surface area contributed by atoms with Gasteiger partial charge in [-0.2, -0.15) is 18.3 Å². The molecule has 0 atom stereocenters. The summed E-state index contributed by atoms with van der Waals surface area (Å²) in [6.45, 7) is 0.127. The van der Waals surface area contributed by atoms with Crippen LogP contribution in [0, 0.1) is 0 Å². The predicted molar refractivity (Wildman–Crippen MR) is 62.5 cm³/mol. The average Bonchev–Trinajstić information content (AvgIpc) is 2.81. The molecule has 106 valence electrons. The van der Waals surface area contributed by atoms with Gasteiger partial charge in [0.1, 0.15) is 0 Å². The van der Waals surface area contributed by atoms with Crippen LogP contribution in [-0.4, -0.2) is 28.2 Å². The van der Waals surface area contributed by atoms with Crippen LogP contribution in [0.15, 0.2) is 24.5 Å². The van der Waals surface area contributed by atoms with Crippen LogP contribution in [0.1, 0.15) is 21.6 Å². The van der Waals surface area contributed by atoms with Crippen LogP contribution in [-0.2, 0) is 17.5 Å². The smallest absolute Gasteiger partial charge is 0.378 e. The van der Waals surface area contributed by atoms with Gasteiger partial charge in [-0.15, -0.1) is 0 Å². The van der Waals surface area contributed by atoms with Crippen LogP contribution in [0.3, 0.4) is 0 Å². The number of hydrogen-bond donors (Lipinski definition) is 0. The van der Waals surface area contributed by atoms with Crippen molar-refractivity contribution in [2.75, 3.05) is 7.11 Å². The van der Waals surface area contributed by atoms with E-state index in [9.17, 15) is 18.0 Å². The fourth-order valence-corrected chi connectivity index (χ4v) is 1.58. The summed E-state index contributed by atoms with van der Waals surface area (Å²) in [6, 6.07) is 2.08. The van der Waals surface area contributed by atoms with Crippen molar-refractivity contribution in [3.63, 3.8) is 0 Å². The lowest BCUT2D eigenvalue weighted by Crippen LogP contribution is -2.07. The van der Waals surface area contributed by atoms with Crippen molar-refractivity contribution >= 4 is 6.29 Å². The van der Waals surface area contributed by atoms with E-state index >= 15 is 0 Å². The molecule has 0 fully saturated rings. The zero-order chi connectivity index (χ0) is 14.8. The first-order valence-corrected chi connectivity index (χ1v) is 5.52. The van der Waals surface area contributed by atoms with E-state index in [0.717, 1.165) is 6.07 Å². The number of alkyl halides is 3. The number of carbonyl (C=O) groups excluding carboxylic acids is 1. The van der Waals surface area contributed by atoms with Crippen molar-refractivity contribution < 1.29 is 22.7 Å². The first kappa shape index (κ1) is 14.2. The van der Waals surface area contributed by atoms with E-state index in [1.54, 1.807) is 0 Å². The molecule has 0 spiro atoms. The molecule has 5 nitrogen and oxygen atoms in total. The first-order chi connectivity index (χ1) is 9.45. The number of pyridine rings is 1. The second-order valence-electron chi connectivity index (χ2n) is 3.93. The van der Waals surface area contributed by atoms with Gasteiger partial charge in [-0.05, 0) is 12.1 Å². The van der Waals surface area contributed by atoms with Gasteiger partial charge >= 0.3 is 6.18 Å². The van der Waals surface area contributed by atoms with E-state index in [0.29, 0.717) is 23.7 Å². The summed E-state index contributed by atoms with van der Waals surface area (Å²) in [7, 11) is 1.45. The van der Waals surface area contributed by atoms with E-state index in [2.05, 4.69) is 10.1 Å². The van der Waals surface area contributed by atoms with Gasteiger partial charge in [0.05, 0.1) is 23.4 Å². The Kier molecular flexibility index (Phi) is 3.84. The topological polar surface area (TPSA) is 57.0 Å². The lowest BCUT2D eigenvalue weighted by Gasteiger charge is -2.06. The summed E-state index contributed by atoms with van der Waals surface area (Å²) in [5, 5.41) is 4.05. The fraction of sp³-hybridized carbons (Fsp3) is 0.250. The summed E-state index contributed by atoms with van der Waals surface area (Å²) in [6.07, 6.45) is -1.74. The Hall–Kier alpha value is -2.22. The highest BCUT2D eigenvalue weighted by Crippen LogP contribution is 2.28. The van der Waals surface area contributed by atoms with Gasteiger partial charge in [-0.25, -0.2) is 9.67 Å². The molecule has 0 amide bonds. The quantitative estimate of drug-likeness (QED) is 0.808. The summed E-state index contributed by atoms with van der Waals surface area (Å²) >= 11 is 0. The molecule has 0 saturated carbocycles. The molecule has 0 N–H and O–H groups in total. The molecule has 2 rings (SSSR count). The Bertz CT molecular complexity index is 605. The third-order valence-corrected chi connectivity index (χ3v) is 2.54. The zero-order valence-corrected chi connectivity index (χ0v) is 10.4. The number of aromatic nitrogens is 3. The van der Waals surface area contributed by atoms with Crippen molar-refractivity contribution in [2.24, 2.45) is 0 Å². The number of carbonyl (C=O) groups is 1. The van der Waals surface area contributed by atoms with Crippen LogP contribution in [0.25, 0.3) is 5.82 Å². The summed E-state index contributed by atoms with van der Waals surface area (Å²) in [5.41, 5.74) is -0.154. The lowest BCUT2D eigenvalue weighted by atomic mass is 10.3. The van der Waals surface area contributed by atoms with Gasteiger partial charge < -0.3 is 4.74 Å².